The van der Waals surface area contributed by atoms with E-state index in [4.69, 9.17) is 4.74 Å². The Morgan fingerprint density at radius 3 is 2.36 bits per heavy atom. The number of carbonyl (C=O) groups excluding carboxylic acids is 1. The van der Waals surface area contributed by atoms with Gasteiger partial charge in [0.2, 0.25) is 5.95 Å². The average molecular weight is 302 g/mol. The molecule has 0 N–H and O–H groups in total. The Kier molecular flexibility index (Phi) is 3.90. The molecule has 2 aromatic rings. The number of nitrogens with zero attached hydrogens (tertiary/aromatic N) is 6. The highest BCUT2D eigenvalue weighted by Gasteiger charge is 2.24. The second-order valence-corrected chi connectivity index (χ2v) is 5.10. The number of carbonyl (C=O) groups is 1. The summed E-state index contributed by atoms with van der Waals surface area (Å²) in [5.74, 6) is 1.31. The highest BCUT2D eigenvalue weighted by atomic mass is 16.5. The molecule has 0 aliphatic carbocycles. The van der Waals surface area contributed by atoms with Crippen molar-refractivity contribution in [3.05, 3.63) is 30.4 Å². The number of aromatic nitrogens is 4. The van der Waals surface area contributed by atoms with Gasteiger partial charge in [-0.15, -0.1) is 0 Å². The van der Waals surface area contributed by atoms with E-state index in [1.807, 2.05) is 4.90 Å². The maximum Gasteiger partial charge on any atom is 0.257 e. The van der Waals surface area contributed by atoms with E-state index in [0.717, 1.165) is 0 Å². The smallest absolute Gasteiger partial charge is 0.257 e. The lowest BCUT2D eigenvalue weighted by Crippen LogP contribution is -2.49. The van der Waals surface area contributed by atoms with Gasteiger partial charge in [-0.1, -0.05) is 0 Å². The van der Waals surface area contributed by atoms with E-state index in [9.17, 15) is 4.79 Å². The van der Waals surface area contributed by atoms with E-state index in [1.54, 1.807) is 43.6 Å². The van der Waals surface area contributed by atoms with Crippen LogP contribution in [0.25, 0.3) is 0 Å². The maximum absolute atomic E-state index is 12.3. The van der Waals surface area contributed by atoms with E-state index in [2.05, 4.69) is 20.0 Å². The Morgan fingerprint density at radius 2 is 1.82 bits per heavy atom. The van der Waals surface area contributed by atoms with Crippen LogP contribution in [0.4, 0.5) is 5.95 Å². The lowest BCUT2D eigenvalue weighted by atomic mass is 10.2. The van der Waals surface area contributed by atoms with Gasteiger partial charge in [0, 0.05) is 39.4 Å². The monoisotopic (exact) mass is 302 g/mol. The predicted octanol–water partition coefficient (Wildman–Crippen LogP) is 0.181. The molecule has 0 bridgehead atoms. The van der Waals surface area contributed by atoms with Gasteiger partial charge >= 0.3 is 0 Å². The molecule has 0 spiro atoms. The molecule has 0 atom stereocenters. The quantitative estimate of drug-likeness (QED) is 0.805. The van der Waals surface area contributed by atoms with Crippen LogP contribution < -0.4 is 9.64 Å². The van der Waals surface area contributed by atoms with E-state index in [-0.39, 0.29) is 5.91 Å². The molecule has 3 heterocycles. The molecule has 0 aromatic carbocycles. The molecule has 1 amide bonds. The highest BCUT2D eigenvalue weighted by Crippen LogP contribution is 2.15. The lowest BCUT2D eigenvalue weighted by molar-refractivity contribution is 0.0746. The molecule has 1 aliphatic rings. The van der Waals surface area contributed by atoms with Gasteiger partial charge in [-0.2, -0.15) is 5.10 Å². The molecule has 1 fully saturated rings. The molecule has 8 heteroatoms. The summed E-state index contributed by atoms with van der Waals surface area (Å²) in [7, 11) is 3.39. The van der Waals surface area contributed by atoms with Crippen LogP contribution in [0.15, 0.2) is 24.8 Å². The lowest BCUT2D eigenvalue weighted by Gasteiger charge is -2.34. The second-order valence-electron chi connectivity index (χ2n) is 5.10. The molecule has 0 radical (unpaired) electrons. The first-order valence-corrected chi connectivity index (χ1v) is 7.06. The van der Waals surface area contributed by atoms with Crippen LogP contribution in [0.2, 0.25) is 0 Å². The molecule has 3 rings (SSSR count). The largest absolute Gasteiger partial charge is 0.494 e. The molecule has 8 nitrogen and oxygen atoms in total. The molecule has 2 aromatic heterocycles. The predicted molar refractivity (Wildman–Crippen MR) is 79.9 cm³/mol. The van der Waals surface area contributed by atoms with Gasteiger partial charge in [0.25, 0.3) is 5.91 Å². The average Bonchev–Trinajstić information content (AvgIpc) is 3.01. The Labute approximate surface area is 128 Å². The molecule has 0 unspecified atom stereocenters. The number of piperazine rings is 1. The number of hydrogen-bond donors (Lipinski definition) is 0. The minimum absolute atomic E-state index is 0.0170. The van der Waals surface area contributed by atoms with Gasteiger partial charge in [-0.25, -0.2) is 9.97 Å². The molecule has 1 aliphatic heterocycles. The molecular weight excluding hydrogens is 284 g/mol. The third-order valence-corrected chi connectivity index (χ3v) is 3.65. The second kappa shape index (κ2) is 6.00. The Bertz CT molecular complexity index is 646. The Hall–Kier alpha value is -2.64. The van der Waals surface area contributed by atoms with Crippen molar-refractivity contribution < 1.29 is 9.53 Å². The normalized spacial score (nSPS) is 15.0. The number of aryl methyl sites for hydroxylation is 1. The fraction of sp³-hybridized carbons (Fsp3) is 0.429. The van der Waals surface area contributed by atoms with Crippen LogP contribution in [0.5, 0.6) is 5.75 Å². The fourth-order valence-corrected chi connectivity index (χ4v) is 2.40. The van der Waals surface area contributed by atoms with E-state index >= 15 is 0 Å². The summed E-state index contributed by atoms with van der Waals surface area (Å²) in [4.78, 5) is 24.8. The van der Waals surface area contributed by atoms with Gasteiger partial charge in [0.05, 0.1) is 31.3 Å². The van der Waals surface area contributed by atoms with Gasteiger partial charge in [0.1, 0.15) is 0 Å². The molecule has 116 valence electrons. The summed E-state index contributed by atoms with van der Waals surface area (Å²) in [5.41, 5.74) is 0.622. The summed E-state index contributed by atoms with van der Waals surface area (Å²) in [6.07, 6.45) is 6.63. The van der Waals surface area contributed by atoms with Gasteiger partial charge in [0.15, 0.2) is 5.75 Å². The number of hydrogen-bond acceptors (Lipinski definition) is 6. The maximum atomic E-state index is 12.3. The zero-order valence-corrected chi connectivity index (χ0v) is 12.6. The number of methoxy groups -OCH3 is 1. The minimum Gasteiger partial charge on any atom is -0.494 e. The zero-order valence-electron chi connectivity index (χ0n) is 12.6. The van der Waals surface area contributed by atoms with Crippen molar-refractivity contribution in [3.63, 3.8) is 0 Å². The third-order valence-electron chi connectivity index (χ3n) is 3.65. The SMILES string of the molecule is COc1cnc(N2CCN(C(=O)c3cnn(C)c3)CC2)nc1. The topological polar surface area (TPSA) is 76.4 Å². The number of anilines is 1. The van der Waals surface area contributed by atoms with Crippen molar-refractivity contribution in [2.45, 2.75) is 0 Å². The van der Waals surface area contributed by atoms with Crippen LogP contribution in [-0.2, 0) is 7.05 Å². The number of amides is 1. The number of rotatable bonds is 3. The van der Waals surface area contributed by atoms with Crippen LogP contribution in [0, 0.1) is 0 Å². The number of ether oxygens (including phenoxy) is 1. The van der Waals surface area contributed by atoms with E-state index in [1.165, 1.54) is 0 Å². The van der Waals surface area contributed by atoms with Crippen molar-refractivity contribution >= 4 is 11.9 Å². The molecule has 0 saturated carbocycles. The van der Waals surface area contributed by atoms with Crippen molar-refractivity contribution in [2.75, 3.05) is 38.2 Å². The molecule has 22 heavy (non-hydrogen) atoms. The first-order valence-electron chi connectivity index (χ1n) is 7.06. The van der Waals surface area contributed by atoms with Gasteiger partial charge < -0.3 is 14.5 Å². The minimum atomic E-state index is 0.0170. The van der Waals surface area contributed by atoms with Gasteiger partial charge in [-0.3, -0.25) is 9.48 Å². The van der Waals surface area contributed by atoms with Crippen molar-refractivity contribution in [2.24, 2.45) is 7.05 Å². The summed E-state index contributed by atoms with van der Waals surface area (Å²) in [5, 5.41) is 4.04. The summed E-state index contributed by atoms with van der Waals surface area (Å²) < 4.78 is 6.69. The molecule has 1 saturated heterocycles. The summed E-state index contributed by atoms with van der Waals surface area (Å²) in [6.45, 7) is 2.70. The van der Waals surface area contributed by atoms with Crippen molar-refractivity contribution in [1.82, 2.24) is 24.6 Å². The third kappa shape index (κ3) is 2.85. The van der Waals surface area contributed by atoms with Crippen LogP contribution in [0.3, 0.4) is 0 Å². The van der Waals surface area contributed by atoms with E-state index in [0.29, 0.717) is 43.4 Å². The fourth-order valence-electron chi connectivity index (χ4n) is 2.40. The molecular formula is C14H18N6O2. The Balaban J connectivity index is 1.61. The van der Waals surface area contributed by atoms with Gasteiger partial charge in [-0.05, 0) is 0 Å². The Morgan fingerprint density at radius 1 is 1.14 bits per heavy atom. The van der Waals surface area contributed by atoms with Crippen LogP contribution in [0.1, 0.15) is 10.4 Å². The first-order chi connectivity index (χ1) is 10.7. The first kappa shape index (κ1) is 14.3. The summed E-state index contributed by atoms with van der Waals surface area (Å²) in [6, 6.07) is 0. The summed E-state index contributed by atoms with van der Waals surface area (Å²) >= 11 is 0. The van der Waals surface area contributed by atoms with Crippen molar-refractivity contribution in [3.8, 4) is 5.75 Å². The zero-order chi connectivity index (χ0) is 15.5. The van der Waals surface area contributed by atoms with Crippen molar-refractivity contribution in [1.29, 1.82) is 0 Å². The van der Waals surface area contributed by atoms with Crippen LogP contribution in [-0.4, -0.2) is 63.8 Å². The standard InChI is InChI=1S/C14H18N6O2/c1-18-10-11(7-17-18)13(21)19-3-5-20(6-4-19)14-15-8-12(22-2)9-16-14/h7-10H,3-6H2,1-2H3. The highest BCUT2D eigenvalue weighted by molar-refractivity contribution is 5.93. The van der Waals surface area contributed by atoms with E-state index < -0.39 is 0 Å². The van der Waals surface area contributed by atoms with Crippen LogP contribution >= 0.6 is 0 Å².